The Morgan fingerprint density at radius 1 is 1.42 bits per heavy atom. The minimum atomic E-state index is -0.332. The van der Waals surface area contributed by atoms with Gasteiger partial charge >= 0.3 is 34.9 Å². The molecule has 1 aromatic rings. The molecule has 0 radical (unpaired) electrons. The summed E-state index contributed by atoms with van der Waals surface area (Å²) in [6, 6.07) is 9.46. The molecular weight excluding hydrogens is 418 g/mol. The van der Waals surface area contributed by atoms with Gasteiger partial charge in [0, 0.05) is 18.6 Å². The minimum absolute atomic E-state index is 0.0728. The van der Waals surface area contributed by atoms with Crippen molar-refractivity contribution in [2.24, 2.45) is 9.13 Å². The number of halogens is 1. The molecule has 1 fully saturated rings. The molecule has 0 atom stereocenters. The third-order valence-electron chi connectivity index (χ3n) is 2.54. The Kier molecular flexibility index (Phi) is 6.50. The first-order valence-corrected chi connectivity index (χ1v) is 7.00. The van der Waals surface area contributed by atoms with E-state index in [2.05, 4.69) is 23.6 Å². The normalized spacial score (nSPS) is 16.8. The predicted molar refractivity (Wildman–Crippen MR) is 65.8 cm³/mol. The van der Waals surface area contributed by atoms with Gasteiger partial charge in [-0.2, -0.15) is 5.26 Å². The van der Waals surface area contributed by atoms with Crippen LogP contribution in [0.25, 0.3) is 0 Å². The van der Waals surface area contributed by atoms with Crippen LogP contribution in [0, 0.1) is 16.7 Å². The number of nitrogens with zero attached hydrogens (tertiary/aromatic N) is 2. The molecule has 1 aliphatic rings. The molecule has 2 rings (SSSR count). The molecule has 1 aliphatic heterocycles. The molecule has 0 N–H and O–H groups in total. The van der Waals surface area contributed by atoms with Crippen molar-refractivity contribution < 1.29 is 33.4 Å². The van der Waals surface area contributed by atoms with E-state index in [0.29, 0.717) is 38.4 Å². The van der Waals surface area contributed by atoms with Gasteiger partial charge in [-0.25, -0.2) is 0 Å². The molecule has 0 bridgehead atoms. The second-order valence-corrected chi connectivity index (χ2v) is 5.42. The van der Waals surface area contributed by atoms with Crippen LogP contribution < -0.4 is 5.46 Å². The molecule has 7 heteroatoms. The van der Waals surface area contributed by atoms with E-state index in [4.69, 9.17) is 14.6 Å². The quantitative estimate of drug-likeness (QED) is 0.638. The van der Waals surface area contributed by atoms with E-state index < -0.39 is 0 Å². The van der Waals surface area contributed by atoms with Crippen molar-refractivity contribution >= 4 is 12.6 Å². The Balaban J connectivity index is 0.000000550. The van der Waals surface area contributed by atoms with E-state index >= 15 is 0 Å². The maximum atomic E-state index is 9.95. The Labute approximate surface area is 123 Å². The third-order valence-corrected chi connectivity index (χ3v) is 2.54. The fraction of sp³-hybridized carbons (Fsp3) is 0.417. The summed E-state index contributed by atoms with van der Waals surface area (Å²) in [5.74, 6) is 0. The second-order valence-electron chi connectivity index (χ2n) is 4.92. The van der Waals surface area contributed by atoms with E-state index in [1.54, 1.807) is 6.07 Å². The van der Waals surface area contributed by atoms with Crippen molar-refractivity contribution in [3.63, 3.8) is 0 Å². The van der Waals surface area contributed by atoms with Crippen molar-refractivity contribution in [3.05, 3.63) is 29.8 Å². The Morgan fingerprint density at radius 2 is 2.00 bits per heavy atom. The monoisotopic (exact) mass is 432 g/mol. The number of nitriles is 1. The number of hydrogen-bond acceptors (Lipinski definition) is 4. The fourth-order valence-corrected chi connectivity index (χ4v) is 1.64. The SMILES string of the molecule is CC1(C)COB(c2cccc(C#N)c2)OC1.F[N]=[W]. The van der Waals surface area contributed by atoms with Crippen LogP contribution in [-0.4, -0.2) is 20.3 Å². The Hall–Kier alpha value is -0.887. The molecule has 0 aromatic heterocycles. The molecule has 0 spiro atoms. The number of benzene rings is 1. The third kappa shape index (κ3) is 5.32. The van der Waals surface area contributed by atoms with Gasteiger partial charge in [0.25, 0.3) is 0 Å². The molecule has 4 nitrogen and oxygen atoms in total. The summed E-state index contributed by atoms with van der Waals surface area (Å²) >= 11 is 0.630. The predicted octanol–water partition coefficient (Wildman–Crippen LogP) is 1.93. The zero-order chi connectivity index (χ0) is 14.3. The Morgan fingerprint density at radius 3 is 2.53 bits per heavy atom. The Bertz CT molecular complexity index is 469. The van der Waals surface area contributed by atoms with E-state index in [9.17, 15) is 4.48 Å². The number of hydrogen-bond donors (Lipinski definition) is 0. The van der Waals surface area contributed by atoms with Crippen molar-refractivity contribution in [3.8, 4) is 6.07 Å². The summed E-state index contributed by atoms with van der Waals surface area (Å²) in [6.07, 6.45) is 0. The van der Waals surface area contributed by atoms with Crippen LogP contribution in [0.4, 0.5) is 4.48 Å². The molecule has 1 heterocycles. The van der Waals surface area contributed by atoms with E-state index in [-0.39, 0.29) is 12.5 Å². The zero-order valence-corrected chi connectivity index (χ0v) is 13.7. The van der Waals surface area contributed by atoms with Gasteiger partial charge in [0.1, 0.15) is 0 Å². The standard InChI is InChI=1S/C12H14BNO2.FN.W/c1-12(2)8-15-13(16-9-12)11-5-3-4-10(6-11)7-14;1-2;/h3-6H,8-9H2,1-2H3;;. The average Bonchev–Trinajstić information content (AvgIpc) is 2.40. The average molecular weight is 432 g/mol. The molecule has 1 aromatic carbocycles. The molecule has 19 heavy (non-hydrogen) atoms. The summed E-state index contributed by atoms with van der Waals surface area (Å²) in [5.41, 5.74) is 1.62. The summed E-state index contributed by atoms with van der Waals surface area (Å²) in [7, 11) is -0.332. The summed E-state index contributed by atoms with van der Waals surface area (Å²) in [5, 5.41) is 8.81. The van der Waals surface area contributed by atoms with Crippen LogP contribution in [0.1, 0.15) is 19.4 Å². The van der Waals surface area contributed by atoms with Gasteiger partial charge in [0.15, 0.2) is 0 Å². The first-order chi connectivity index (χ1) is 9.02. The van der Waals surface area contributed by atoms with Crippen LogP contribution in [0.2, 0.25) is 0 Å². The zero-order valence-electron chi connectivity index (χ0n) is 10.8. The van der Waals surface area contributed by atoms with Crippen molar-refractivity contribution in [1.82, 2.24) is 0 Å². The molecule has 0 aliphatic carbocycles. The molecule has 0 unspecified atom stereocenters. The fourth-order valence-electron chi connectivity index (χ4n) is 1.64. The molecular formula is C12H14BFN2O2W. The summed E-state index contributed by atoms with van der Waals surface area (Å²) in [4.78, 5) is 0. The van der Waals surface area contributed by atoms with Gasteiger partial charge in [0.2, 0.25) is 0 Å². The summed E-state index contributed by atoms with van der Waals surface area (Å²) < 4.78 is 23.3. The van der Waals surface area contributed by atoms with Crippen LogP contribution in [0.3, 0.4) is 0 Å². The van der Waals surface area contributed by atoms with Gasteiger partial charge < -0.3 is 9.31 Å². The van der Waals surface area contributed by atoms with E-state index in [0.717, 1.165) is 5.46 Å². The molecule has 0 amide bonds. The van der Waals surface area contributed by atoms with E-state index in [1.807, 2.05) is 18.2 Å². The van der Waals surface area contributed by atoms with Crippen LogP contribution in [0.15, 0.2) is 28.0 Å². The molecule has 0 saturated carbocycles. The molecule has 100 valence electrons. The van der Waals surface area contributed by atoms with Crippen molar-refractivity contribution in [2.75, 3.05) is 13.2 Å². The van der Waals surface area contributed by atoms with Crippen LogP contribution >= 0.6 is 0 Å². The van der Waals surface area contributed by atoms with Gasteiger partial charge in [0.05, 0.1) is 11.6 Å². The van der Waals surface area contributed by atoms with Crippen molar-refractivity contribution in [1.29, 1.82) is 5.26 Å². The van der Waals surface area contributed by atoms with Crippen molar-refractivity contribution in [2.45, 2.75) is 13.8 Å². The summed E-state index contributed by atoms with van der Waals surface area (Å²) in [6.45, 7) is 5.56. The topological polar surface area (TPSA) is 54.6 Å². The second kappa shape index (κ2) is 7.64. The first kappa shape index (κ1) is 16.2. The van der Waals surface area contributed by atoms with Crippen LogP contribution in [-0.2, 0) is 28.9 Å². The van der Waals surface area contributed by atoms with Gasteiger partial charge in [-0.15, -0.1) is 0 Å². The van der Waals surface area contributed by atoms with Crippen LogP contribution in [0.5, 0.6) is 0 Å². The van der Waals surface area contributed by atoms with Gasteiger partial charge in [-0.3, -0.25) is 0 Å². The molecule has 1 saturated heterocycles. The maximum absolute atomic E-state index is 9.95. The van der Waals surface area contributed by atoms with Gasteiger partial charge in [-0.05, 0) is 17.6 Å². The van der Waals surface area contributed by atoms with Gasteiger partial charge in [-0.1, -0.05) is 26.0 Å². The first-order valence-electron chi connectivity index (χ1n) is 5.69. The van der Waals surface area contributed by atoms with E-state index in [1.165, 1.54) is 0 Å². The number of rotatable bonds is 1.